The summed E-state index contributed by atoms with van der Waals surface area (Å²) in [6, 6.07) is 5.14. The minimum Gasteiger partial charge on any atom is -0.494 e. The van der Waals surface area contributed by atoms with Crippen molar-refractivity contribution in [3.05, 3.63) is 18.2 Å². The predicted octanol–water partition coefficient (Wildman–Crippen LogP) is 1.71. The first-order valence-corrected chi connectivity index (χ1v) is 6.68. The maximum atomic E-state index is 12.1. The van der Waals surface area contributed by atoms with Gasteiger partial charge in [0.2, 0.25) is 11.9 Å². The van der Waals surface area contributed by atoms with E-state index < -0.39 is 6.04 Å². The van der Waals surface area contributed by atoms with Gasteiger partial charge in [-0.2, -0.15) is 0 Å². The highest BCUT2D eigenvalue weighted by molar-refractivity contribution is 5.88. The van der Waals surface area contributed by atoms with Crippen LogP contribution in [0.2, 0.25) is 0 Å². The van der Waals surface area contributed by atoms with Crippen LogP contribution in [0.4, 0.5) is 5.95 Å². The number of carbonyl (C=O) groups is 1. The van der Waals surface area contributed by atoms with Crippen molar-refractivity contribution in [1.82, 2.24) is 14.9 Å². The van der Waals surface area contributed by atoms with Crippen LogP contribution in [0, 0.1) is 0 Å². The topological polar surface area (TPSA) is 82.2 Å². The first-order chi connectivity index (χ1) is 9.60. The van der Waals surface area contributed by atoms with Gasteiger partial charge in [0.15, 0.2) is 0 Å². The molecule has 0 bridgehead atoms. The van der Waals surface area contributed by atoms with Crippen molar-refractivity contribution < 1.29 is 9.53 Å². The van der Waals surface area contributed by atoms with Crippen molar-refractivity contribution in [2.24, 2.45) is 0 Å². The number of methoxy groups -OCH3 is 1. The molecule has 0 aliphatic rings. The summed E-state index contributed by atoms with van der Waals surface area (Å²) >= 11 is 0. The number of ether oxygens (including phenoxy) is 1. The lowest BCUT2D eigenvalue weighted by Crippen LogP contribution is -2.31. The van der Waals surface area contributed by atoms with E-state index in [2.05, 4.69) is 10.3 Å². The molecule has 2 rings (SSSR count). The van der Waals surface area contributed by atoms with E-state index in [-0.39, 0.29) is 5.91 Å². The van der Waals surface area contributed by atoms with Gasteiger partial charge in [-0.1, -0.05) is 13.0 Å². The summed E-state index contributed by atoms with van der Waals surface area (Å²) in [6.45, 7) is 4.47. The van der Waals surface area contributed by atoms with Crippen molar-refractivity contribution in [1.29, 1.82) is 0 Å². The first kappa shape index (κ1) is 14.2. The maximum Gasteiger partial charge on any atom is 0.242 e. The zero-order valence-electron chi connectivity index (χ0n) is 12.0. The van der Waals surface area contributed by atoms with Gasteiger partial charge in [-0.05, 0) is 25.5 Å². The summed E-state index contributed by atoms with van der Waals surface area (Å²) < 4.78 is 6.99. The molecule has 1 amide bonds. The number of nitrogens with zero attached hydrogens (tertiary/aromatic N) is 2. The van der Waals surface area contributed by atoms with Crippen molar-refractivity contribution in [2.75, 3.05) is 19.4 Å². The van der Waals surface area contributed by atoms with Crippen LogP contribution in [-0.2, 0) is 4.79 Å². The van der Waals surface area contributed by atoms with Crippen LogP contribution in [-0.4, -0.2) is 29.1 Å². The zero-order valence-corrected chi connectivity index (χ0v) is 12.0. The van der Waals surface area contributed by atoms with E-state index in [0.717, 1.165) is 11.9 Å². The molecule has 0 radical (unpaired) electrons. The van der Waals surface area contributed by atoms with Gasteiger partial charge >= 0.3 is 0 Å². The fourth-order valence-electron chi connectivity index (χ4n) is 2.19. The van der Waals surface area contributed by atoms with Crippen molar-refractivity contribution >= 4 is 22.9 Å². The Bertz CT molecular complexity index is 621. The van der Waals surface area contributed by atoms with E-state index in [1.54, 1.807) is 11.7 Å². The highest BCUT2D eigenvalue weighted by Crippen LogP contribution is 2.29. The number of anilines is 1. The molecule has 20 heavy (non-hydrogen) atoms. The quantitative estimate of drug-likeness (QED) is 0.871. The average Bonchev–Trinajstić information content (AvgIpc) is 2.79. The number of nitrogens with two attached hydrogens (primary N) is 1. The van der Waals surface area contributed by atoms with Crippen LogP contribution < -0.4 is 15.8 Å². The van der Waals surface area contributed by atoms with Crippen LogP contribution in [0.15, 0.2) is 18.2 Å². The third-order valence-electron chi connectivity index (χ3n) is 3.25. The van der Waals surface area contributed by atoms with Gasteiger partial charge in [0.25, 0.3) is 0 Å². The van der Waals surface area contributed by atoms with Gasteiger partial charge in [0, 0.05) is 6.54 Å². The summed E-state index contributed by atoms with van der Waals surface area (Å²) in [5.41, 5.74) is 7.42. The Labute approximate surface area is 117 Å². The summed E-state index contributed by atoms with van der Waals surface area (Å²) in [5, 5.41) is 2.87. The number of carbonyl (C=O) groups excluding carboxylic acids is 1. The van der Waals surface area contributed by atoms with Gasteiger partial charge in [-0.25, -0.2) is 4.98 Å². The summed E-state index contributed by atoms with van der Waals surface area (Å²) in [5.74, 6) is 0.887. The third-order valence-corrected chi connectivity index (χ3v) is 3.25. The van der Waals surface area contributed by atoms with E-state index in [0.29, 0.717) is 23.8 Å². The average molecular weight is 276 g/mol. The molecule has 1 unspecified atom stereocenters. The van der Waals surface area contributed by atoms with Crippen LogP contribution in [0.1, 0.15) is 26.3 Å². The monoisotopic (exact) mass is 276 g/mol. The number of aromatic nitrogens is 2. The van der Waals surface area contributed by atoms with E-state index >= 15 is 0 Å². The number of fused-ring (bicyclic) bond motifs is 1. The molecule has 0 saturated carbocycles. The Hall–Kier alpha value is -2.24. The molecule has 0 aliphatic heterocycles. The number of imidazole rings is 1. The summed E-state index contributed by atoms with van der Waals surface area (Å²) in [7, 11) is 1.58. The van der Waals surface area contributed by atoms with Crippen molar-refractivity contribution in [3.63, 3.8) is 0 Å². The zero-order chi connectivity index (χ0) is 14.7. The lowest BCUT2D eigenvalue weighted by atomic mass is 10.2. The number of para-hydroxylation sites is 1. The second kappa shape index (κ2) is 5.81. The number of nitrogen functional groups attached to an aromatic ring is 1. The Morgan fingerprint density at radius 3 is 2.95 bits per heavy atom. The Kier molecular flexibility index (Phi) is 4.12. The second-order valence-electron chi connectivity index (χ2n) is 4.64. The van der Waals surface area contributed by atoms with Crippen LogP contribution >= 0.6 is 0 Å². The minimum absolute atomic E-state index is 0.0688. The Balaban J connectivity index is 2.44. The predicted molar refractivity (Wildman–Crippen MR) is 78.7 cm³/mol. The first-order valence-electron chi connectivity index (χ1n) is 6.68. The van der Waals surface area contributed by atoms with Gasteiger partial charge in [0.05, 0.1) is 12.6 Å². The molecule has 1 atom stereocenters. The molecule has 0 saturated heterocycles. The second-order valence-corrected chi connectivity index (χ2v) is 4.64. The van der Waals surface area contributed by atoms with E-state index in [1.165, 1.54) is 0 Å². The largest absolute Gasteiger partial charge is 0.494 e. The fourth-order valence-corrected chi connectivity index (χ4v) is 2.19. The Morgan fingerprint density at radius 2 is 2.30 bits per heavy atom. The molecular weight excluding hydrogens is 256 g/mol. The number of rotatable bonds is 5. The Morgan fingerprint density at radius 1 is 1.55 bits per heavy atom. The highest BCUT2D eigenvalue weighted by atomic mass is 16.5. The molecule has 0 fully saturated rings. The van der Waals surface area contributed by atoms with Crippen LogP contribution in [0.5, 0.6) is 5.75 Å². The minimum atomic E-state index is -0.418. The summed E-state index contributed by atoms with van der Waals surface area (Å²) in [6.07, 6.45) is 0.895. The van der Waals surface area contributed by atoms with Gasteiger partial charge < -0.3 is 15.8 Å². The standard InChI is InChI=1S/C14H20N4O2/c1-4-8-16-13(19)9(2)18-10-6-5-7-11(20-3)12(10)17-14(18)15/h5-7,9H,4,8H2,1-3H3,(H2,15,17)(H,16,19). The van der Waals surface area contributed by atoms with E-state index in [4.69, 9.17) is 10.5 Å². The van der Waals surface area contributed by atoms with Crippen LogP contribution in [0.3, 0.4) is 0 Å². The molecule has 1 aromatic carbocycles. The normalized spacial score (nSPS) is 12.3. The molecule has 3 N–H and O–H groups in total. The third kappa shape index (κ3) is 2.41. The van der Waals surface area contributed by atoms with Crippen LogP contribution in [0.25, 0.3) is 11.0 Å². The molecule has 0 aliphatic carbocycles. The lowest BCUT2D eigenvalue weighted by molar-refractivity contribution is -0.123. The smallest absolute Gasteiger partial charge is 0.242 e. The number of hydrogen-bond acceptors (Lipinski definition) is 4. The SMILES string of the molecule is CCCNC(=O)C(C)n1c(N)nc2c(OC)cccc21. The van der Waals surface area contributed by atoms with Crippen molar-refractivity contribution in [3.8, 4) is 5.75 Å². The molecule has 108 valence electrons. The van der Waals surface area contributed by atoms with E-state index in [9.17, 15) is 4.79 Å². The molecule has 0 spiro atoms. The molecule has 1 aromatic heterocycles. The molecule has 6 heteroatoms. The van der Waals surface area contributed by atoms with Gasteiger partial charge in [-0.15, -0.1) is 0 Å². The number of nitrogens with one attached hydrogen (secondary N) is 1. The number of hydrogen-bond donors (Lipinski definition) is 2. The number of amides is 1. The number of benzene rings is 1. The molecule has 2 aromatic rings. The maximum absolute atomic E-state index is 12.1. The summed E-state index contributed by atoms with van der Waals surface area (Å²) in [4.78, 5) is 16.4. The van der Waals surface area contributed by atoms with Crippen molar-refractivity contribution in [2.45, 2.75) is 26.3 Å². The highest BCUT2D eigenvalue weighted by Gasteiger charge is 2.21. The van der Waals surface area contributed by atoms with Gasteiger partial charge in [0.1, 0.15) is 17.3 Å². The molecular formula is C14H20N4O2. The molecule has 1 heterocycles. The lowest BCUT2D eigenvalue weighted by Gasteiger charge is -2.15. The molecule has 6 nitrogen and oxygen atoms in total. The fraction of sp³-hybridized carbons (Fsp3) is 0.429. The van der Waals surface area contributed by atoms with Gasteiger partial charge in [-0.3, -0.25) is 9.36 Å². The van der Waals surface area contributed by atoms with E-state index in [1.807, 2.05) is 32.0 Å².